The second kappa shape index (κ2) is 5.46. The first-order valence-corrected chi connectivity index (χ1v) is 6.25. The van der Waals surface area contributed by atoms with E-state index >= 15 is 0 Å². The summed E-state index contributed by atoms with van der Waals surface area (Å²) in [7, 11) is 0. The van der Waals surface area contributed by atoms with Crippen LogP contribution in [0.4, 0.5) is 10.5 Å². The minimum absolute atomic E-state index is 0.0315. The molecule has 2 heterocycles. The van der Waals surface area contributed by atoms with Gasteiger partial charge in [0.2, 0.25) is 0 Å². The van der Waals surface area contributed by atoms with Crippen molar-refractivity contribution in [1.82, 2.24) is 9.88 Å². The Hall–Kier alpha value is -2.15. The van der Waals surface area contributed by atoms with Gasteiger partial charge in [0.15, 0.2) is 0 Å². The summed E-state index contributed by atoms with van der Waals surface area (Å²) in [6.07, 6.45) is 2.65. The number of carbonyl (C=O) groups excluding carboxylic acids is 1. The summed E-state index contributed by atoms with van der Waals surface area (Å²) in [4.78, 5) is 28.6. The zero-order chi connectivity index (χ0) is 14.8. The first kappa shape index (κ1) is 14.3. The van der Waals surface area contributed by atoms with Crippen LogP contribution in [-0.2, 0) is 4.74 Å². The van der Waals surface area contributed by atoms with Gasteiger partial charge in [-0.3, -0.25) is 4.98 Å². The maximum atomic E-state index is 12.2. The van der Waals surface area contributed by atoms with E-state index in [9.17, 15) is 9.59 Å². The first-order valence-electron chi connectivity index (χ1n) is 6.25. The molecule has 0 unspecified atom stereocenters. The standard InChI is InChI=1S/C13H17N3O4/c1-13(2)8-20-4-3-16(13)12(19)15-10-5-9(11(17)18)6-14-7-10/h5-7H,3-4,8H2,1-2H3,(H,15,19)(H,17,18). The van der Waals surface area contributed by atoms with E-state index in [2.05, 4.69) is 10.3 Å². The molecule has 1 aliphatic heterocycles. The van der Waals surface area contributed by atoms with Gasteiger partial charge in [0.25, 0.3) is 0 Å². The van der Waals surface area contributed by atoms with E-state index in [4.69, 9.17) is 9.84 Å². The van der Waals surface area contributed by atoms with E-state index in [-0.39, 0.29) is 11.6 Å². The SMILES string of the molecule is CC1(C)COCCN1C(=O)Nc1cncc(C(=O)O)c1. The smallest absolute Gasteiger partial charge is 0.337 e. The number of nitrogens with zero attached hydrogens (tertiary/aromatic N) is 2. The monoisotopic (exact) mass is 279 g/mol. The van der Waals surface area contributed by atoms with Crippen LogP contribution in [0.3, 0.4) is 0 Å². The molecule has 2 amide bonds. The summed E-state index contributed by atoms with van der Waals surface area (Å²) in [5.41, 5.74) is -0.0126. The summed E-state index contributed by atoms with van der Waals surface area (Å²) < 4.78 is 5.35. The van der Waals surface area contributed by atoms with Crippen molar-refractivity contribution in [2.75, 3.05) is 25.1 Å². The van der Waals surface area contributed by atoms with E-state index in [1.54, 1.807) is 4.90 Å². The van der Waals surface area contributed by atoms with Crippen molar-refractivity contribution >= 4 is 17.7 Å². The molecule has 108 valence electrons. The van der Waals surface area contributed by atoms with Crippen molar-refractivity contribution < 1.29 is 19.4 Å². The Morgan fingerprint density at radius 1 is 1.45 bits per heavy atom. The highest BCUT2D eigenvalue weighted by atomic mass is 16.5. The summed E-state index contributed by atoms with van der Waals surface area (Å²) in [5, 5.41) is 11.6. The van der Waals surface area contributed by atoms with Gasteiger partial charge < -0.3 is 20.1 Å². The number of amides is 2. The largest absolute Gasteiger partial charge is 0.478 e. The summed E-state index contributed by atoms with van der Waals surface area (Å²) >= 11 is 0. The van der Waals surface area contributed by atoms with E-state index in [0.717, 1.165) is 0 Å². The Labute approximate surface area is 116 Å². The zero-order valence-electron chi connectivity index (χ0n) is 11.4. The van der Waals surface area contributed by atoms with Gasteiger partial charge in [-0.25, -0.2) is 9.59 Å². The lowest BCUT2D eigenvalue weighted by molar-refractivity contribution is -0.0249. The highest BCUT2D eigenvalue weighted by Gasteiger charge is 2.34. The predicted octanol–water partition coefficient (Wildman–Crippen LogP) is 1.42. The molecule has 1 fully saturated rings. The molecule has 0 saturated carbocycles. The lowest BCUT2D eigenvalue weighted by Gasteiger charge is -2.41. The molecular weight excluding hydrogens is 262 g/mol. The molecule has 2 N–H and O–H groups in total. The summed E-state index contributed by atoms with van der Waals surface area (Å²) in [6.45, 7) is 5.28. The number of aromatic carboxylic acids is 1. The Kier molecular flexibility index (Phi) is 3.89. The second-order valence-electron chi connectivity index (χ2n) is 5.21. The van der Waals surface area contributed by atoms with Gasteiger partial charge in [0.05, 0.1) is 36.2 Å². The quantitative estimate of drug-likeness (QED) is 0.854. The van der Waals surface area contributed by atoms with Crippen LogP contribution in [0.25, 0.3) is 0 Å². The predicted molar refractivity (Wildman–Crippen MR) is 71.8 cm³/mol. The Morgan fingerprint density at radius 2 is 2.20 bits per heavy atom. The molecule has 0 aromatic carbocycles. The molecule has 0 aliphatic carbocycles. The molecule has 0 bridgehead atoms. The number of carboxylic acids is 1. The van der Waals surface area contributed by atoms with Crippen molar-refractivity contribution in [3.8, 4) is 0 Å². The van der Waals surface area contributed by atoms with Crippen molar-refractivity contribution in [1.29, 1.82) is 0 Å². The maximum absolute atomic E-state index is 12.2. The van der Waals surface area contributed by atoms with Crippen molar-refractivity contribution in [2.24, 2.45) is 0 Å². The lowest BCUT2D eigenvalue weighted by Crippen LogP contribution is -2.56. The molecule has 0 spiro atoms. The minimum atomic E-state index is -1.08. The van der Waals surface area contributed by atoms with Gasteiger partial charge in [-0.1, -0.05) is 0 Å². The number of ether oxygens (including phenoxy) is 1. The molecule has 1 aliphatic rings. The Bertz CT molecular complexity index is 530. The molecular formula is C13H17N3O4. The summed E-state index contributed by atoms with van der Waals surface area (Å²) in [6, 6.07) is 1.09. The number of rotatable bonds is 2. The van der Waals surface area contributed by atoms with Crippen LogP contribution in [0, 0.1) is 0 Å². The van der Waals surface area contributed by atoms with E-state index < -0.39 is 11.5 Å². The van der Waals surface area contributed by atoms with E-state index in [1.807, 2.05) is 13.8 Å². The van der Waals surface area contributed by atoms with Crippen LogP contribution >= 0.6 is 0 Å². The fraction of sp³-hybridized carbons (Fsp3) is 0.462. The number of aromatic nitrogens is 1. The van der Waals surface area contributed by atoms with Crippen LogP contribution in [-0.4, -0.2) is 52.3 Å². The highest BCUT2D eigenvalue weighted by Crippen LogP contribution is 2.20. The van der Waals surface area contributed by atoms with Gasteiger partial charge in [-0.2, -0.15) is 0 Å². The lowest BCUT2D eigenvalue weighted by atomic mass is 10.0. The zero-order valence-corrected chi connectivity index (χ0v) is 11.4. The number of hydrogen-bond donors (Lipinski definition) is 2. The molecule has 1 aromatic heterocycles. The third-order valence-electron chi connectivity index (χ3n) is 3.13. The van der Waals surface area contributed by atoms with Gasteiger partial charge >= 0.3 is 12.0 Å². The second-order valence-corrected chi connectivity index (χ2v) is 5.21. The van der Waals surface area contributed by atoms with Crippen LogP contribution in [0.1, 0.15) is 24.2 Å². The average molecular weight is 279 g/mol. The maximum Gasteiger partial charge on any atom is 0.337 e. The molecule has 1 saturated heterocycles. The normalized spacial score (nSPS) is 17.6. The Balaban J connectivity index is 2.11. The third-order valence-corrected chi connectivity index (χ3v) is 3.13. The number of nitrogens with one attached hydrogen (secondary N) is 1. The van der Waals surface area contributed by atoms with Crippen LogP contribution in [0.2, 0.25) is 0 Å². The van der Waals surface area contributed by atoms with Gasteiger partial charge in [-0.05, 0) is 19.9 Å². The van der Waals surface area contributed by atoms with E-state index in [0.29, 0.717) is 25.4 Å². The number of carbonyl (C=O) groups is 2. The van der Waals surface area contributed by atoms with Crippen LogP contribution in [0.15, 0.2) is 18.5 Å². The molecule has 7 heteroatoms. The Morgan fingerprint density at radius 3 is 2.85 bits per heavy atom. The van der Waals surface area contributed by atoms with Crippen molar-refractivity contribution in [3.63, 3.8) is 0 Å². The van der Waals surface area contributed by atoms with Crippen LogP contribution in [0.5, 0.6) is 0 Å². The molecule has 20 heavy (non-hydrogen) atoms. The summed E-state index contributed by atoms with van der Waals surface area (Å²) in [5.74, 6) is -1.08. The number of anilines is 1. The fourth-order valence-electron chi connectivity index (χ4n) is 2.05. The van der Waals surface area contributed by atoms with Crippen molar-refractivity contribution in [3.05, 3.63) is 24.0 Å². The molecule has 1 aromatic rings. The highest BCUT2D eigenvalue weighted by molar-refractivity contribution is 5.93. The van der Waals surface area contributed by atoms with Crippen LogP contribution < -0.4 is 5.32 Å². The molecule has 7 nitrogen and oxygen atoms in total. The minimum Gasteiger partial charge on any atom is -0.478 e. The number of urea groups is 1. The number of pyridine rings is 1. The molecule has 2 rings (SSSR count). The van der Waals surface area contributed by atoms with E-state index in [1.165, 1.54) is 18.5 Å². The van der Waals surface area contributed by atoms with Gasteiger partial charge in [0, 0.05) is 12.7 Å². The number of hydrogen-bond acceptors (Lipinski definition) is 4. The van der Waals surface area contributed by atoms with Crippen molar-refractivity contribution in [2.45, 2.75) is 19.4 Å². The average Bonchev–Trinajstić information content (AvgIpc) is 2.38. The van der Waals surface area contributed by atoms with Gasteiger partial charge in [0.1, 0.15) is 0 Å². The first-order chi connectivity index (χ1) is 9.40. The molecule has 0 atom stereocenters. The fourth-order valence-corrected chi connectivity index (χ4v) is 2.05. The molecule has 0 radical (unpaired) electrons. The third kappa shape index (κ3) is 3.05. The number of morpholine rings is 1. The topological polar surface area (TPSA) is 91.8 Å². The van der Waals surface area contributed by atoms with Gasteiger partial charge in [-0.15, -0.1) is 0 Å². The number of carboxylic acid groups (broad SMARTS) is 1.